The molecule has 4 nitrogen and oxygen atoms in total. The van der Waals surface area contributed by atoms with Gasteiger partial charge in [-0.3, -0.25) is 0 Å². The summed E-state index contributed by atoms with van der Waals surface area (Å²) >= 11 is 0. The molecule has 35 heavy (non-hydrogen) atoms. The van der Waals surface area contributed by atoms with Gasteiger partial charge in [0.1, 0.15) is 24.4 Å². The van der Waals surface area contributed by atoms with E-state index in [0.29, 0.717) is 19.1 Å². The maximum absolute atomic E-state index is 5.73. The van der Waals surface area contributed by atoms with Crippen molar-refractivity contribution in [2.45, 2.75) is 67.2 Å². The number of rotatable bonds is 4. The SMILES string of the molecule is CC.CC(C)Cc1ccc2c(c1)OCCO2.CCCCC.Nc1ccc2oc3ccccc3c2c1. The Morgan fingerprint density at radius 2 is 1.43 bits per heavy atom. The molecule has 0 saturated carbocycles. The minimum Gasteiger partial charge on any atom is -0.486 e. The van der Waals surface area contributed by atoms with Crippen molar-refractivity contribution in [3.05, 3.63) is 66.2 Å². The summed E-state index contributed by atoms with van der Waals surface area (Å²) in [5.41, 5.74) is 9.62. The molecule has 0 bridgehead atoms. The minimum atomic E-state index is 0.663. The van der Waals surface area contributed by atoms with Gasteiger partial charge >= 0.3 is 0 Å². The highest BCUT2D eigenvalue weighted by atomic mass is 16.6. The summed E-state index contributed by atoms with van der Waals surface area (Å²) in [5.74, 6) is 2.45. The first-order valence-corrected chi connectivity index (χ1v) is 13.1. The smallest absolute Gasteiger partial charge is 0.161 e. The fourth-order valence-electron chi connectivity index (χ4n) is 3.78. The lowest BCUT2D eigenvalue weighted by Crippen LogP contribution is -2.15. The molecule has 0 amide bonds. The van der Waals surface area contributed by atoms with Crippen molar-refractivity contribution in [3.8, 4) is 11.5 Å². The minimum absolute atomic E-state index is 0.663. The van der Waals surface area contributed by atoms with Crippen LogP contribution in [-0.2, 0) is 6.42 Å². The molecular formula is C31H43NO3. The number of hydrogen-bond acceptors (Lipinski definition) is 4. The molecule has 0 atom stereocenters. The van der Waals surface area contributed by atoms with Crippen LogP contribution in [0.1, 0.15) is 66.4 Å². The molecule has 0 radical (unpaired) electrons. The van der Waals surface area contributed by atoms with Gasteiger partial charge in [0.05, 0.1) is 0 Å². The van der Waals surface area contributed by atoms with Gasteiger partial charge in [-0.2, -0.15) is 0 Å². The van der Waals surface area contributed by atoms with Crippen LogP contribution < -0.4 is 15.2 Å². The lowest BCUT2D eigenvalue weighted by atomic mass is 10.0. The van der Waals surface area contributed by atoms with Crippen LogP contribution in [0.4, 0.5) is 5.69 Å². The molecule has 2 N–H and O–H groups in total. The second kappa shape index (κ2) is 15.0. The predicted molar refractivity (Wildman–Crippen MR) is 151 cm³/mol. The van der Waals surface area contributed by atoms with Gasteiger partial charge in [0, 0.05) is 16.5 Å². The lowest BCUT2D eigenvalue weighted by molar-refractivity contribution is 0.171. The van der Waals surface area contributed by atoms with Gasteiger partial charge in [0.2, 0.25) is 0 Å². The Morgan fingerprint density at radius 3 is 2.09 bits per heavy atom. The summed E-state index contributed by atoms with van der Waals surface area (Å²) in [4.78, 5) is 0. The summed E-state index contributed by atoms with van der Waals surface area (Å²) in [5, 5.41) is 2.20. The van der Waals surface area contributed by atoms with Crippen LogP contribution >= 0.6 is 0 Å². The van der Waals surface area contributed by atoms with Gasteiger partial charge in [0.15, 0.2) is 11.5 Å². The van der Waals surface area contributed by atoms with E-state index in [1.165, 1.54) is 24.8 Å². The number of benzene rings is 3. The topological polar surface area (TPSA) is 57.6 Å². The number of anilines is 1. The van der Waals surface area contributed by atoms with Crippen LogP contribution in [0.2, 0.25) is 0 Å². The van der Waals surface area contributed by atoms with E-state index in [1.807, 2.05) is 62.4 Å². The first-order valence-electron chi connectivity index (χ1n) is 13.1. The average Bonchev–Trinajstić information content (AvgIpc) is 3.24. The van der Waals surface area contributed by atoms with Crippen molar-refractivity contribution in [2.24, 2.45) is 5.92 Å². The summed E-state index contributed by atoms with van der Waals surface area (Å²) < 4.78 is 16.6. The summed E-state index contributed by atoms with van der Waals surface area (Å²) in [6.07, 6.45) is 5.17. The molecule has 0 aliphatic carbocycles. The second-order valence-corrected chi connectivity index (χ2v) is 8.78. The van der Waals surface area contributed by atoms with Crippen molar-refractivity contribution in [1.29, 1.82) is 0 Å². The second-order valence-electron chi connectivity index (χ2n) is 8.78. The van der Waals surface area contributed by atoms with Crippen LogP contribution in [0.3, 0.4) is 0 Å². The normalized spacial score (nSPS) is 11.6. The standard InChI is InChI=1S/C12H9NO.C12H16O2.C5H12.C2H6/c13-8-5-6-12-10(7-8)9-3-1-2-4-11(9)14-12;1-9(2)7-10-3-4-11-12(8-10)14-6-5-13-11;1-3-5-4-2;1-2/h1-7H,13H2;3-4,8-9H,5-7H2,1-2H3;3-5H2,1-2H3;1-2H3. The van der Waals surface area contributed by atoms with Crippen LogP contribution in [0.15, 0.2) is 65.1 Å². The van der Waals surface area contributed by atoms with E-state index in [2.05, 4.69) is 39.8 Å². The molecule has 2 heterocycles. The number of unbranched alkanes of at least 4 members (excludes halogenated alkanes) is 2. The maximum Gasteiger partial charge on any atom is 0.161 e. The van der Waals surface area contributed by atoms with Gasteiger partial charge in [-0.15, -0.1) is 0 Å². The molecule has 0 spiro atoms. The number of furan rings is 1. The molecule has 3 aromatic carbocycles. The van der Waals surface area contributed by atoms with Crippen molar-refractivity contribution >= 4 is 27.6 Å². The molecule has 190 valence electrons. The van der Waals surface area contributed by atoms with Crippen molar-refractivity contribution in [1.82, 2.24) is 0 Å². The zero-order valence-corrected chi connectivity index (χ0v) is 22.4. The molecule has 1 aromatic heterocycles. The first kappa shape index (κ1) is 28.1. The third kappa shape index (κ3) is 8.54. The number of fused-ring (bicyclic) bond motifs is 4. The zero-order valence-electron chi connectivity index (χ0n) is 22.4. The fourth-order valence-corrected chi connectivity index (χ4v) is 3.78. The van der Waals surface area contributed by atoms with E-state index in [-0.39, 0.29) is 0 Å². The van der Waals surface area contributed by atoms with Gasteiger partial charge in [-0.25, -0.2) is 0 Å². The summed E-state index contributed by atoms with van der Waals surface area (Å²) in [6, 6.07) is 19.9. The highest BCUT2D eigenvalue weighted by Crippen LogP contribution is 2.31. The van der Waals surface area contributed by atoms with Gasteiger partial charge in [0.25, 0.3) is 0 Å². The Hall–Kier alpha value is -3.14. The van der Waals surface area contributed by atoms with Gasteiger partial charge in [-0.05, 0) is 54.3 Å². The quantitative estimate of drug-likeness (QED) is 0.298. The van der Waals surface area contributed by atoms with Crippen molar-refractivity contribution in [3.63, 3.8) is 0 Å². The number of ether oxygens (including phenoxy) is 2. The van der Waals surface area contributed by atoms with E-state index in [1.54, 1.807) is 0 Å². The van der Waals surface area contributed by atoms with Crippen LogP contribution in [0.5, 0.6) is 11.5 Å². The Morgan fingerprint density at radius 1 is 0.771 bits per heavy atom. The monoisotopic (exact) mass is 477 g/mol. The van der Waals surface area contributed by atoms with Gasteiger partial charge < -0.3 is 19.6 Å². The molecule has 0 saturated heterocycles. The number of hydrogen-bond donors (Lipinski definition) is 1. The highest BCUT2D eigenvalue weighted by molar-refractivity contribution is 6.05. The Kier molecular flexibility index (Phi) is 12.0. The zero-order chi connectivity index (χ0) is 25.6. The van der Waals surface area contributed by atoms with E-state index < -0.39 is 0 Å². The third-order valence-electron chi connectivity index (χ3n) is 5.36. The van der Waals surface area contributed by atoms with E-state index in [0.717, 1.165) is 45.5 Å². The molecule has 0 unspecified atom stereocenters. The number of nitrogen functional groups attached to an aromatic ring is 1. The first-order chi connectivity index (χ1) is 17.0. The maximum atomic E-state index is 5.73. The van der Waals surface area contributed by atoms with Crippen LogP contribution in [0, 0.1) is 5.92 Å². The third-order valence-corrected chi connectivity index (χ3v) is 5.36. The Labute approximate surface area is 211 Å². The molecule has 1 aliphatic rings. The lowest BCUT2D eigenvalue weighted by Gasteiger charge is -2.19. The van der Waals surface area contributed by atoms with Crippen LogP contribution in [0.25, 0.3) is 21.9 Å². The molecule has 4 aromatic rings. The molecular weight excluding hydrogens is 434 g/mol. The van der Waals surface area contributed by atoms with Crippen molar-refractivity contribution < 1.29 is 13.9 Å². The molecule has 5 rings (SSSR count). The summed E-state index contributed by atoms with van der Waals surface area (Å²) in [6.45, 7) is 14.2. The van der Waals surface area contributed by atoms with E-state index in [4.69, 9.17) is 19.6 Å². The number of para-hydroxylation sites is 1. The van der Waals surface area contributed by atoms with Gasteiger partial charge in [-0.1, -0.05) is 85.1 Å². The van der Waals surface area contributed by atoms with Crippen molar-refractivity contribution in [2.75, 3.05) is 18.9 Å². The fraction of sp³-hybridized carbons (Fsp3) is 0.419. The van der Waals surface area contributed by atoms with Crippen LogP contribution in [-0.4, -0.2) is 13.2 Å². The molecule has 1 aliphatic heterocycles. The predicted octanol–water partition coefficient (Wildman–Crippen LogP) is 9.05. The summed E-state index contributed by atoms with van der Waals surface area (Å²) in [7, 11) is 0. The highest BCUT2D eigenvalue weighted by Gasteiger charge is 2.11. The molecule has 0 fully saturated rings. The Bertz CT molecular complexity index is 1140. The number of nitrogens with two attached hydrogens (primary N) is 1. The van der Waals surface area contributed by atoms with E-state index in [9.17, 15) is 0 Å². The average molecular weight is 478 g/mol. The van der Waals surface area contributed by atoms with E-state index >= 15 is 0 Å². The Balaban J connectivity index is 0.000000197. The largest absolute Gasteiger partial charge is 0.486 e. The molecule has 4 heteroatoms.